The second-order valence-corrected chi connectivity index (χ2v) is 6.98. The molecule has 3 aromatic rings. The lowest BCUT2D eigenvalue weighted by Crippen LogP contribution is -2.46. The van der Waals surface area contributed by atoms with Crippen molar-refractivity contribution < 1.29 is 4.79 Å². The topological polar surface area (TPSA) is 115 Å². The lowest BCUT2D eigenvalue weighted by atomic mass is 10.2. The van der Waals surface area contributed by atoms with Gasteiger partial charge in [-0.3, -0.25) is 15.2 Å². The Kier molecular flexibility index (Phi) is 6.14. The van der Waals surface area contributed by atoms with Gasteiger partial charge < -0.3 is 15.2 Å². The van der Waals surface area contributed by atoms with Crippen LogP contribution in [-0.2, 0) is 6.54 Å². The number of urea groups is 1. The van der Waals surface area contributed by atoms with Crippen LogP contribution in [0.15, 0.2) is 43.1 Å². The summed E-state index contributed by atoms with van der Waals surface area (Å²) in [5, 5.41) is 5.41. The largest absolute Gasteiger partial charge is 0.368 e. The van der Waals surface area contributed by atoms with E-state index in [4.69, 9.17) is 0 Å². The van der Waals surface area contributed by atoms with Crippen LogP contribution in [-0.4, -0.2) is 68.6 Å². The van der Waals surface area contributed by atoms with E-state index in [0.717, 1.165) is 55.6 Å². The van der Waals surface area contributed by atoms with Crippen molar-refractivity contribution in [1.29, 1.82) is 0 Å². The molecular weight excluding hydrogens is 382 g/mol. The van der Waals surface area contributed by atoms with Crippen LogP contribution in [0.3, 0.4) is 0 Å². The highest BCUT2D eigenvalue weighted by atomic mass is 16.2. The summed E-state index contributed by atoms with van der Waals surface area (Å²) in [5.41, 5.74) is 2.83. The maximum Gasteiger partial charge on any atom is 0.320 e. The van der Waals surface area contributed by atoms with E-state index in [2.05, 4.69) is 51.4 Å². The van der Waals surface area contributed by atoms with E-state index in [9.17, 15) is 4.79 Å². The summed E-state index contributed by atoms with van der Waals surface area (Å²) in [4.78, 5) is 36.6. The van der Waals surface area contributed by atoms with Gasteiger partial charge in [0.2, 0.25) is 0 Å². The Morgan fingerprint density at radius 1 is 1.13 bits per heavy atom. The lowest BCUT2D eigenvalue weighted by molar-refractivity contribution is 0.247. The summed E-state index contributed by atoms with van der Waals surface area (Å²) in [6.07, 6.45) is 6.90. The number of nitrogens with zero attached hydrogens (tertiary/aromatic N) is 6. The number of pyridine rings is 1. The zero-order valence-corrected chi connectivity index (χ0v) is 16.9. The second kappa shape index (κ2) is 9.31. The molecule has 2 amide bonds. The predicted molar refractivity (Wildman–Crippen MR) is 114 cm³/mol. The number of amides is 2. The maximum absolute atomic E-state index is 11.7. The van der Waals surface area contributed by atoms with Crippen molar-refractivity contribution in [3.8, 4) is 11.5 Å². The third-order valence-electron chi connectivity index (χ3n) is 4.91. The first kappa shape index (κ1) is 19.8. The molecule has 0 spiro atoms. The second-order valence-electron chi connectivity index (χ2n) is 6.98. The Balaban J connectivity index is 1.30. The van der Waals surface area contributed by atoms with Crippen LogP contribution in [0.1, 0.15) is 12.6 Å². The van der Waals surface area contributed by atoms with Gasteiger partial charge in [0, 0.05) is 57.7 Å². The molecule has 1 fully saturated rings. The van der Waals surface area contributed by atoms with Gasteiger partial charge in [-0.15, -0.1) is 0 Å². The Labute approximate surface area is 174 Å². The monoisotopic (exact) mass is 407 g/mol. The molecule has 10 nitrogen and oxygen atoms in total. The quantitative estimate of drug-likeness (QED) is 0.570. The SMILES string of the molecule is CCNC(=O)Nc1cc(CN2CCN(c3ccc(-c4ncc[nH]4)nc3)CC2)ncn1. The molecule has 4 heterocycles. The first-order valence-corrected chi connectivity index (χ1v) is 10.00. The fraction of sp³-hybridized carbons (Fsp3) is 0.350. The number of aromatic nitrogens is 5. The minimum Gasteiger partial charge on any atom is -0.368 e. The fourth-order valence-corrected chi connectivity index (χ4v) is 3.39. The van der Waals surface area contributed by atoms with Gasteiger partial charge in [0.25, 0.3) is 0 Å². The smallest absolute Gasteiger partial charge is 0.320 e. The maximum atomic E-state index is 11.7. The van der Waals surface area contributed by atoms with E-state index in [1.54, 1.807) is 12.4 Å². The summed E-state index contributed by atoms with van der Waals surface area (Å²) in [7, 11) is 0. The Morgan fingerprint density at radius 3 is 2.70 bits per heavy atom. The van der Waals surface area contributed by atoms with E-state index >= 15 is 0 Å². The number of carbonyl (C=O) groups is 1. The van der Waals surface area contributed by atoms with Crippen molar-refractivity contribution in [2.45, 2.75) is 13.5 Å². The predicted octanol–water partition coefficient (Wildman–Crippen LogP) is 1.73. The van der Waals surface area contributed by atoms with Crippen molar-refractivity contribution in [2.24, 2.45) is 0 Å². The molecule has 156 valence electrons. The molecule has 3 N–H and O–H groups in total. The van der Waals surface area contributed by atoms with Gasteiger partial charge in [0.15, 0.2) is 5.82 Å². The van der Waals surface area contributed by atoms with Crippen LogP contribution in [0.25, 0.3) is 11.5 Å². The molecule has 30 heavy (non-hydrogen) atoms. The Morgan fingerprint density at radius 2 is 2.00 bits per heavy atom. The highest BCUT2D eigenvalue weighted by Crippen LogP contribution is 2.19. The molecule has 0 radical (unpaired) electrons. The molecule has 10 heteroatoms. The number of imidazole rings is 1. The average molecular weight is 407 g/mol. The van der Waals surface area contributed by atoms with Crippen LogP contribution in [0, 0.1) is 0 Å². The Bertz CT molecular complexity index is 951. The number of H-pyrrole nitrogens is 1. The number of piperazine rings is 1. The first-order chi connectivity index (χ1) is 14.7. The van der Waals surface area contributed by atoms with Crippen LogP contribution in [0.4, 0.5) is 16.3 Å². The zero-order chi connectivity index (χ0) is 20.8. The number of hydrogen-bond acceptors (Lipinski definition) is 7. The average Bonchev–Trinajstić information content (AvgIpc) is 3.30. The summed E-state index contributed by atoms with van der Waals surface area (Å²) in [6.45, 7) is 6.82. The number of carbonyl (C=O) groups excluding carboxylic acids is 1. The van der Waals surface area contributed by atoms with Gasteiger partial charge in [0.05, 0.1) is 17.6 Å². The normalized spacial score (nSPS) is 14.5. The summed E-state index contributed by atoms with van der Waals surface area (Å²) >= 11 is 0. The van der Waals surface area contributed by atoms with Crippen molar-refractivity contribution in [3.05, 3.63) is 48.8 Å². The molecule has 0 aliphatic carbocycles. The number of aromatic amines is 1. The van der Waals surface area contributed by atoms with Crippen molar-refractivity contribution in [2.75, 3.05) is 42.9 Å². The molecule has 3 aromatic heterocycles. The van der Waals surface area contributed by atoms with Crippen LogP contribution in [0.2, 0.25) is 0 Å². The summed E-state index contributed by atoms with van der Waals surface area (Å²) in [6, 6.07) is 5.63. The molecule has 1 aliphatic rings. The fourth-order valence-electron chi connectivity index (χ4n) is 3.39. The van der Waals surface area contributed by atoms with E-state index < -0.39 is 0 Å². The molecule has 0 atom stereocenters. The molecule has 0 bridgehead atoms. The molecule has 4 rings (SSSR count). The van der Waals surface area contributed by atoms with E-state index in [0.29, 0.717) is 12.4 Å². The standard InChI is InChI=1S/C20H25N9O/c1-2-21-20(30)27-18-11-15(25-14-26-18)13-28-7-9-29(10-8-28)16-3-4-17(24-12-16)19-22-5-6-23-19/h3-6,11-12,14H,2,7-10,13H2,1H3,(H,22,23)(H2,21,25,26,27,30). The number of nitrogens with one attached hydrogen (secondary N) is 3. The first-order valence-electron chi connectivity index (χ1n) is 10.00. The van der Waals surface area contributed by atoms with Crippen LogP contribution in [0.5, 0.6) is 0 Å². The van der Waals surface area contributed by atoms with Crippen molar-refractivity contribution >= 4 is 17.5 Å². The van der Waals surface area contributed by atoms with Crippen molar-refractivity contribution in [3.63, 3.8) is 0 Å². The van der Waals surface area contributed by atoms with Gasteiger partial charge in [-0.2, -0.15) is 0 Å². The number of hydrogen-bond donors (Lipinski definition) is 3. The van der Waals surface area contributed by atoms with E-state index in [-0.39, 0.29) is 6.03 Å². The van der Waals surface area contributed by atoms with Crippen LogP contribution < -0.4 is 15.5 Å². The van der Waals surface area contributed by atoms with Crippen LogP contribution >= 0.6 is 0 Å². The van der Waals surface area contributed by atoms with Gasteiger partial charge in [-0.25, -0.2) is 19.7 Å². The molecule has 1 aliphatic heterocycles. The van der Waals surface area contributed by atoms with Gasteiger partial charge in [-0.05, 0) is 19.1 Å². The molecule has 0 aromatic carbocycles. The third kappa shape index (κ3) is 4.90. The van der Waals surface area contributed by atoms with Gasteiger partial charge >= 0.3 is 6.03 Å². The minimum absolute atomic E-state index is 0.262. The van der Waals surface area contributed by atoms with E-state index in [1.807, 2.05) is 25.3 Å². The molecule has 1 saturated heterocycles. The van der Waals surface area contributed by atoms with Gasteiger partial charge in [-0.1, -0.05) is 0 Å². The molecular formula is C20H25N9O. The van der Waals surface area contributed by atoms with Gasteiger partial charge in [0.1, 0.15) is 17.8 Å². The van der Waals surface area contributed by atoms with E-state index in [1.165, 1.54) is 6.33 Å². The highest BCUT2D eigenvalue weighted by molar-refractivity contribution is 5.88. The zero-order valence-electron chi connectivity index (χ0n) is 16.9. The molecule has 0 saturated carbocycles. The summed E-state index contributed by atoms with van der Waals surface area (Å²) < 4.78 is 0. The lowest BCUT2D eigenvalue weighted by Gasteiger charge is -2.35. The highest BCUT2D eigenvalue weighted by Gasteiger charge is 2.18. The third-order valence-corrected chi connectivity index (χ3v) is 4.91. The number of anilines is 2. The minimum atomic E-state index is -0.262. The summed E-state index contributed by atoms with van der Waals surface area (Å²) in [5.74, 6) is 1.28. The molecule has 0 unspecified atom stereocenters. The van der Waals surface area contributed by atoms with Crippen molar-refractivity contribution in [1.82, 2.24) is 35.1 Å². The number of rotatable bonds is 6. The Hall–Kier alpha value is -3.53.